The average molecular weight is 222 g/mol. The Balaban J connectivity index is 2.27. The molecule has 1 saturated carbocycles. The van der Waals surface area contributed by atoms with Crippen LogP contribution in [0.25, 0.3) is 0 Å². The van der Waals surface area contributed by atoms with E-state index >= 15 is 0 Å². The minimum atomic E-state index is 0.00521. The summed E-state index contributed by atoms with van der Waals surface area (Å²) in [5.74, 6) is 0.636. The van der Waals surface area contributed by atoms with Crippen molar-refractivity contribution in [2.24, 2.45) is 17.3 Å². The molecule has 16 heavy (non-hydrogen) atoms. The molecular formula is C14H22O2. The van der Waals surface area contributed by atoms with Crippen molar-refractivity contribution in [2.45, 2.75) is 46.0 Å². The van der Waals surface area contributed by atoms with Gasteiger partial charge in [-0.05, 0) is 43.9 Å². The molecule has 0 aromatic heterocycles. The van der Waals surface area contributed by atoms with Crippen molar-refractivity contribution < 1.29 is 9.53 Å². The number of carbonyl (C=O) groups excluding carboxylic acids is 1. The van der Waals surface area contributed by atoms with Gasteiger partial charge in [0, 0.05) is 0 Å². The lowest BCUT2D eigenvalue weighted by atomic mass is 9.56. The average Bonchev–Trinajstić information content (AvgIpc) is 2.29. The maximum Gasteiger partial charge on any atom is 0.308 e. The predicted molar refractivity (Wildman–Crippen MR) is 63.9 cm³/mol. The van der Waals surface area contributed by atoms with E-state index in [4.69, 9.17) is 4.74 Å². The zero-order chi connectivity index (χ0) is 11.8. The highest BCUT2D eigenvalue weighted by molar-refractivity contribution is 5.73. The maximum atomic E-state index is 11.8. The molecule has 0 bridgehead atoms. The van der Waals surface area contributed by atoms with Crippen LogP contribution in [0.5, 0.6) is 0 Å². The van der Waals surface area contributed by atoms with Crippen molar-refractivity contribution in [1.82, 2.24) is 0 Å². The number of hydrogen-bond donors (Lipinski definition) is 0. The number of ether oxygens (including phenoxy) is 1. The normalized spacial score (nSPS) is 38.6. The Morgan fingerprint density at radius 3 is 2.94 bits per heavy atom. The molecule has 0 spiro atoms. The number of fused-ring (bicyclic) bond motifs is 1. The molecule has 2 aliphatic rings. The van der Waals surface area contributed by atoms with E-state index in [1.54, 1.807) is 0 Å². The summed E-state index contributed by atoms with van der Waals surface area (Å²) in [6, 6.07) is 0. The first-order chi connectivity index (χ1) is 7.59. The SMILES string of the molecule is COC(=O)[C@@H]1CCC[C@@]2(C)C(C)=CCC[C@H]12. The van der Waals surface area contributed by atoms with Gasteiger partial charge in [-0.25, -0.2) is 0 Å². The third-order valence-corrected chi connectivity index (χ3v) is 4.85. The monoisotopic (exact) mass is 222 g/mol. The molecule has 0 saturated heterocycles. The predicted octanol–water partition coefficient (Wildman–Crippen LogP) is 3.32. The lowest BCUT2D eigenvalue weighted by molar-refractivity contribution is -0.151. The second-order valence-corrected chi connectivity index (χ2v) is 5.51. The molecule has 0 unspecified atom stereocenters. The van der Waals surface area contributed by atoms with E-state index < -0.39 is 0 Å². The van der Waals surface area contributed by atoms with Crippen molar-refractivity contribution in [3.05, 3.63) is 11.6 Å². The molecule has 0 amide bonds. The van der Waals surface area contributed by atoms with Gasteiger partial charge in [0.05, 0.1) is 13.0 Å². The molecule has 0 aromatic carbocycles. The largest absolute Gasteiger partial charge is 0.469 e. The van der Waals surface area contributed by atoms with E-state index in [0.717, 1.165) is 25.7 Å². The molecule has 2 aliphatic carbocycles. The van der Waals surface area contributed by atoms with Crippen LogP contribution in [0, 0.1) is 17.3 Å². The number of carbonyl (C=O) groups is 1. The number of hydrogen-bond acceptors (Lipinski definition) is 2. The van der Waals surface area contributed by atoms with E-state index in [1.807, 2.05) is 0 Å². The van der Waals surface area contributed by atoms with Crippen LogP contribution in [-0.4, -0.2) is 13.1 Å². The summed E-state index contributed by atoms with van der Waals surface area (Å²) in [7, 11) is 1.51. The minimum absolute atomic E-state index is 0.00521. The van der Waals surface area contributed by atoms with Gasteiger partial charge in [-0.1, -0.05) is 25.0 Å². The molecule has 90 valence electrons. The van der Waals surface area contributed by atoms with E-state index in [-0.39, 0.29) is 17.3 Å². The minimum Gasteiger partial charge on any atom is -0.469 e. The Morgan fingerprint density at radius 2 is 2.25 bits per heavy atom. The Bertz CT molecular complexity index is 319. The van der Waals surface area contributed by atoms with E-state index in [9.17, 15) is 4.79 Å². The van der Waals surface area contributed by atoms with Crippen molar-refractivity contribution in [3.63, 3.8) is 0 Å². The van der Waals surface area contributed by atoms with Gasteiger partial charge in [0.25, 0.3) is 0 Å². The topological polar surface area (TPSA) is 26.3 Å². The van der Waals surface area contributed by atoms with Gasteiger partial charge < -0.3 is 4.74 Å². The second-order valence-electron chi connectivity index (χ2n) is 5.51. The first kappa shape index (κ1) is 11.7. The summed E-state index contributed by atoms with van der Waals surface area (Å²) in [4.78, 5) is 11.8. The van der Waals surface area contributed by atoms with Gasteiger partial charge in [-0.15, -0.1) is 0 Å². The highest BCUT2D eigenvalue weighted by atomic mass is 16.5. The third-order valence-electron chi connectivity index (χ3n) is 4.85. The molecule has 0 N–H and O–H groups in total. The Kier molecular flexibility index (Phi) is 3.09. The van der Waals surface area contributed by atoms with Gasteiger partial charge in [-0.2, -0.15) is 0 Å². The molecular weight excluding hydrogens is 200 g/mol. The molecule has 0 aromatic rings. The van der Waals surface area contributed by atoms with Crippen molar-refractivity contribution >= 4 is 5.97 Å². The van der Waals surface area contributed by atoms with Crippen LogP contribution >= 0.6 is 0 Å². The van der Waals surface area contributed by atoms with Crippen molar-refractivity contribution in [2.75, 3.05) is 7.11 Å². The summed E-state index contributed by atoms with van der Waals surface area (Å²) in [5.41, 5.74) is 1.73. The van der Waals surface area contributed by atoms with Crippen LogP contribution in [0.4, 0.5) is 0 Å². The molecule has 0 aliphatic heterocycles. The van der Waals surface area contributed by atoms with Gasteiger partial charge >= 0.3 is 5.97 Å². The van der Waals surface area contributed by atoms with Crippen LogP contribution in [0.15, 0.2) is 11.6 Å². The van der Waals surface area contributed by atoms with Crippen LogP contribution in [0.1, 0.15) is 46.0 Å². The van der Waals surface area contributed by atoms with E-state index in [1.165, 1.54) is 19.1 Å². The molecule has 3 atom stereocenters. The van der Waals surface area contributed by atoms with Crippen molar-refractivity contribution in [3.8, 4) is 0 Å². The number of allylic oxidation sites excluding steroid dienone is 2. The van der Waals surface area contributed by atoms with Gasteiger partial charge in [0.15, 0.2) is 0 Å². The Morgan fingerprint density at radius 1 is 1.50 bits per heavy atom. The zero-order valence-electron chi connectivity index (χ0n) is 10.6. The lowest BCUT2D eigenvalue weighted by Gasteiger charge is -2.48. The standard InChI is InChI=1S/C14H22O2/c1-10-6-4-8-12-11(13(15)16-3)7-5-9-14(10,12)2/h6,11-12H,4-5,7-9H2,1-3H3/t11-,12-,14+/m1/s1. The van der Waals surface area contributed by atoms with Gasteiger partial charge in [0.2, 0.25) is 0 Å². The molecule has 2 nitrogen and oxygen atoms in total. The van der Waals surface area contributed by atoms with E-state index in [2.05, 4.69) is 19.9 Å². The summed E-state index contributed by atoms with van der Waals surface area (Å²) in [6.07, 6.45) is 8.02. The zero-order valence-corrected chi connectivity index (χ0v) is 10.6. The van der Waals surface area contributed by atoms with Crippen LogP contribution < -0.4 is 0 Å². The van der Waals surface area contributed by atoms with Crippen LogP contribution in [0.2, 0.25) is 0 Å². The molecule has 0 heterocycles. The highest BCUT2D eigenvalue weighted by Crippen LogP contribution is 2.53. The summed E-state index contributed by atoms with van der Waals surface area (Å²) < 4.78 is 4.96. The lowest BCUT2D eigenvalue weighted by Crippen LogP contribution is -2.43. The van der Waals surface area contributed by atoms with Gasteiger partial charge in [0.1, 0.15) is 0 Å². The number of methoxy groups -OCH3 is 1. The fourth-order valence-corrected chi connectivity index (χ4v) is 3.68. The fraction of sp³-hybridized carbons (Fsp3) is 0.786. The first-order valence-corrected chi connectivity index (χ1v) is 6.34. The number of rotatable bonds is 1. The summed E-state index contributed by atoms with van der Waals surface area (Å²) >= 11 is 0. The Hall–Kier alpha value is -0.790. The maximum absolute atomic E-state index is 11.8. The summed E-state index contributed by atoms with van der Waals surface area (Å²) in [5, 5.41) is 0. The van der Waals surface area contributed by atoms with Crippen LogP contribution in [-0.2, 0) is 9.53 Å². The smallest absolute Gasteiger partial charge is 0.308 e. The molecule has 1 fully saturated rings. The van der Waals surface area contributed by atoms with E-state index in [0.29, 0.717) is 5.92 Å². The first-order valence-electron chi connectivity index (χ1n) is 6.34. The molecule has 0 radical (unpaired) electrons. The number of esters is 1. The summed E-state index contributed by atoms with van der Waals surface area (Å²) in [6.45, 7) is 4.56. The van der Waals surface area contributed by atoms with Crippen molar-refractivity contribution in [1.29, 1.82) is 0 Å². The second kappa shape index (κ2) is 4.23. The quantitative estimate of drug-likeness (QED) is 0.502. The highest BCUT2D eigenvalue weighted by Gasteiger charge is 2.47. The van der Waals surface area contributed by atoms with Gasteiger partial charge in [-0.3, -0.25) is 4.79 Å². The Labute approximate surface area is 98.1 Å². The fourth-order valence-electron chi connectivity index (χ4n) is 3.68. The third kappa shape index (κ3) is 1.68. The molecule has 2 rings (SSSR count). The van der Waals surface area contributed by atoms with Crippen LogP contribution in [0.3, 0.4) is 0 Å². The molecule has 2 heteroatoms.